The van der Waals surface area contributed by atoms with E-state index in [9.17, 15) is 31.0 Å². The summed E-state index contributed by atoms with van der Waals surface area (Å²) in [6.45, 7) is 1.71. The van der Waals surface area contributed by atoms with Crippen LogP contribution in [-0.4, -0.2) is 59.5 Å². The van der Waals surface area contributed by atoms with Crippen molar-refractivity contribution in [1.29, 1.82) is 0 Å². The third-order valence-corrected chi connectivity index (χ3v) is 10.3. The van der Waals surface area contributed by atoms with Crippen LogP contribution in [0.15, 0.2) is 138 Å². The van der Waals surface area contributed by atoms with Crippen molar-refractivity contribution in [2.45, 2.75) is 16.7 Å². The Kier molecular flexibility index (Phi) is 12.2. The number of fused-ring (bicyclic) bond motifs is 1. The van der Waals surface area contributed by atoms with Crippen LogP contribution in [0.2, 0.25) is 0 Å². The molecular formula is C39H35N7O11S2. The Labute approximate surface area is 338 Å². The molecule has 0 fully saturated rings. The minimum atomic E-state index is -4.88. The van der Waals surface area contributed by atoms with Crippen LogP contribution >= 0.6 is 0 Å². The van der Waals surface area contributed by atoms with Crippen molar-refractivity contribution in [2.24, 2.45) is 30.7 Å². The molecule has 4 N–H and O–H groups in total. The second-order valence-corrected chi connectivity index (χ2v) is 15.2. The van der Waals surface area contributed by atoms with Crippen molar-refractivity contribution in [2.75, 3.05) is 33.8 Å². The highest BCUT2D eigenvalue weighted by Gasteiger charge is 2.23. The molecule has 0 spiro atoms. The van der Waals surface area contributed by atoms with Crippen LogP contribution in [0, 0.1) is 6.92 Å². The second kappa shape index (κ2) is 17.2. The van der Waals surface area contributed by atoms with E-state index in [1.54, 1.807) is 31.2 Å². The van der Waals surface area contributed by atoms with Gasteiger partial charge in [0.05, 0.1) is 39.0 Å². The number of azo groups is 3. The Morgan fingerprint density at radius 2 is 1.05 bits per heavy atom. The first-order valence-corrected chi connectivity index (χ1v) is 20.0. The Balaban J connectivity index is 1.30. The minimum absolute atomic E-state index is 0.0128. The first-order valence-electron chi connectivity index (χ1n) is 17.1. The van der Waals surface area contributed by atoms with Crippen LogP contribution in [0.3, 0.4) is 0 Å². The van der Waals surface area contributed by atoms with Crippen LogP contribution in [0.5, 0.6) is 28.7 Å². The van der Waals surface area contributed by atoms with Gasteiger partial charge in [-0.15, -0.1) is 25.6 Å². The summed E-state index contributed by atoms with van der Waals surface area (Å²) in [4.78, 5) is -1.06. The zero-order valence-electron chi connectivity index (χ0n) is 31.8. The smallest absolute Gasteiger partial charge is 0.296 e. The van der Waals surface area contributed by atoms with Crippen molar-refractivity contribution >= 4 is 76.5 Å². The number of aromatic hydroxyl groups is 1. The Morgan fingerprint density at radius 1 is 0.525 bits per heavy atom. The molecule has 0 radical (unpaired) electrons. The van der Waals surface area contributed by atoms with Gasteiger partial charge < -0.3 is 29.4 Å². The molecule has 6 aromatic carbocycles. The fraction of sp³-hybridized carbons (Fsp3) is 0.128. The number of hydrogen-bond acceptors (Lipinski definition) is 16. The van der Waals surface area contributed by atoms with Crippen molar-refractivity contribution in [3.8, 4) is 28.7 Å². The number of ether oxygens (including phenoxy) is 4. The summed E-state index contributed by atoms with van der Waals surface area (Å²) in [6, 6.07) is 25.0. The van der Waals surface area contributed by atoms with Gasteiger partial charge in [-0.3, -0.25) is 9.11 Å². The third kappa shape index (κ3) is 9.42. The molecule has 0 atom stereocenters. The lowest BCUT2D eigenvalue weighted by atomic mass is 10.1. The van der Waals surface area contributed by atoms with E-state index in [2.05, 4.69) is 36.0 Å². The Hall–Kier alpha value is -7.00. The van der Waals surface area contributed by atoms with Gasteiger partial charge in [0.1, 0.15) is 56.3 Å². The van der Waals surface area contributed by atoms with E-state index in [0.717, 1.165) is 17.8 Å². The van der Waals surface area contributed by atoms with Gasteiger partial charge in [-0.1, -0.05) is 18.2 Å². The average molecular weight is 842 g/mol. The molecule has 0 saturated carbocycles. The zero-order chi connectivity index (χ0) is 42.5. The van der Waals surface area contributed by atoms with Gasteiger partial charge in [0.2, 0.25) is 0 Å². The van der Waals surface area contributed by atoms with Crippen molar-refractivity contribution in [3.05, 3.63) is 103 Å². The number of hydrogen-bond donors (Lipinski definition) is 4. The standard InChI is InChI=1S/C39H35N7O11S2/c1-22-15-29(45-46-38-37(59(51,52)53)17-23-16-25(11-13-27(23)39(38)47)40-24-9-7-6-8-10-24)34(55-3)19-28(22)41-43-31-20-36(57-5)32(21-35(31)56-4)44-42-30-18-26(58(48,49)50)12-14-33(30)54-2/h6-21,40,47H,1-5H3,(H,48,49,50)(H,51,52,53). The number of phenols is 1. The highest BCUT2D eigenvalue weighted by atomic mass is 32.2. The highest BCUT2D eigenvalue weighted by molar-refractivity contribution is 7.86. The molecule has 0 saturated heterocycles. The average Bonchev–Trinajstić information content (AvgIpc) is 3.21. The van der Waals surface area contributed by atoms with Crippen LogP contribution in [0.25, 0.3) is 10.8 Å². The SMILES string of the molecule is COc1cc(N=Nc2cc(S(=O)(=O)O)ccc2OC)c(OC)cc1N=Nc1cc(OC)c(N=Nc2c(S(=O)(=O)O)cc3cc(Nc4ccccc4)ccc3c2O)cc1C. The monoisotopic (exact) mass is 841 g/mol. The molecule has 0 aliphatic heterocycles. The van der Waals surface area contributed by atoms with Gasteiger partial charge >= 0.3 is 0 Å². The quantitative estimate of drug-likeness (QED) is 0.0590. The molecule has 0 aromatic heterocycles. The molecule has 0 unspecified atom stereocenters. The van der Waals surface area contributed by atoms with Gasteiger partial charge in [0, 0.05) is 35.0 Å². The van der Waals surface area contributed by atoms with Gasteiger partial charge in [-0.05, 0) is 78.5 Å². The maximum absolute atomic E-state index is 12.5. The molecule has 6 aromatic rings. The summed E-state index contributed by atoms with van der Waals surface area (Å²) in [6.07, 6.45) is 0. The first kappa shape index (κ1) is 41.6. The number of rotatable bonds is 14. The molecule has 0 aliphatic rings. The van der Waals surface area contributed by atoms with Crippen molar-refractivity contribution in [1.82, 2.24) is 0 Å². The Bertz CT molecular complexity index is 2890. The summed E-state index contributed by atoms with van der Waals surface area (Å²) < 4.78 is 89.8. The van der Waals surface area contributed by atoms with E-state index < -0.39 is 41.5 Å². The lowest BCUT2D eigenvalue weighted by molar-refractivity contribution is 0.405. The van der Waals surface area contributed by atoms with E-state index in [4.69, 9.17) is 18.9 Å². The highest BCUT2D eigenvalue weighted by Crippen LogP contribution is 2.45. The predicted octanol–water partition coefficient (Wildman–Crippen LogP) is 10.4. The molecule has 0 heterocycles. The molecule has 0 bridgehead atoms. The molecule has 6 rings (SSSR count). The number of anilines is 2. The number of nitrogens with one attached hydrogen (secondary N) is 1. The third-order valence-electron chi connectivity index (χ3n) is 8.61. The number of aryl methyl sites for hydroxylation is 1. The van der Waals surface area contributed by atoms with E-state index in [1.807, 2.05) is 30.3 Å². The molecule has 304 valence electrons. The number of para-hydroxylation sites is 1. The van der Waals surface area contributed by atoms with Crippen LogP contribution in [0.4, 0.5) is 45.5 Å². The summed E-state index contributed by atoms with van der Waals surface area (Å²) in [5, 5.41) is 40.2. The number of nitrogens with zero attached hydrogens (tertiary/aromatic N) is 6. The summed E-state index contributed by atoms with van der Waals surface area (Å²) >= 11 is 0. The van der Waals surface area contributed by atoms with Crippen LogP contribution < -0.4 is 24.3 Å². The largest absolute Gasteiger partial charge is 0.505 e. The molecule has 20 heteroatoms. The number of benzene rings is 6. The first-order chi connectivity index (χ1) is 28.1. The summed E-state index contributed by atoms with van der Waals surface area (Å²) in [5.74, 6) is 0.244. The molecule has 0 aliphatic carbocycles. The maximum atomic E-state index is 12.5. The predicted molar refractivity (Wildman–Crippen MR) is 218 cm³/mol. The van der Waals surface area contributed by atoms with Crippen molar-refractivity contribution < 1.29 is 50.0 Å². The number of phenolic OH excluding ortho intramolecular Hbond substituents is 1. The maximum Gasteiger partial charge on any atom is 0.296 e. The molecule has 59 heavy (non-hydrogen) atoms. The van der Waals surface area contributed by atoms with E-state index >= 15 is 0 Å². The Morgan fingerprint density at radius 3 is 1.61 bits per heavy atom. The van der Waals surface area contributed by atoms with Crippen molar-refractivity contribution in [3.63, 3.8) is 0 Å². The van der Waals surface area contributed by atoms with E-state index in [0.29, 0.717) is 22.3 Å². The molecule has 18 nitrogen and oxygen atoms in total. The number of methoxy groups -OCH3 is 4. The summed E-state index contributed by atoms with van der Waals surface area (Å²) in [5.41, 5.74) is 2.34. The van der Waals surface area contributed by atoms with Crippen LogP contribution in [0.1, 0.15) is 5.56 Å². The topological polar surface area (TPSA) is 252 Å². The fourth-order valence-corrected chi connectivity index (χ4v) is 6.83. The van der Waals surface area contributed by atoms with E-state index in [-0.39, 0.29) is 51.1 Å². The molecular weight excluding hydrogens is 807 g/mol. The summed E-state index contributed by atoms with van der Waals surface area (Å²) in [7, 11) is -3.88. The molecule has 0 amide bonds. The van der Waals surface area contributed by atoms with Gasteiger partial charge in [-0.2, -0.15) is 21.9 Å². The lowest BCUT2D eigenvalue weighted by Crippen LogP contribution is -1.99. The van der Waals surface area contributed by atoms with Gasteiger partial charge in [0.25, 0.3) is 20.2 Å². The van der Waals surface area contributed by atoms with E-state index in [1.165, 1.54) is 58.8 Å². The lowest BCUT2D eigenvalue weighted by Gasteiger charge is -2.12. The fourth-order valence-electron chi connectivity index (χ4n) is 5.67. The van der Waals surface area contributed by atoms with Crippen LogP contribution in [-0.2, 0) is 20.2 Å². The second-order valence-electron chi connectivity index (χ2n) is 12.4. The zero-order valence-corrected chi connectivity index (χ0v) is 33.5. The normalized spacial score (nSPS) is 12.1. The minimum Gasteiger partial charge on any atom is -0.505 e. The van der Waals surface area contributed by atoms with Gasteiger partial charge in [-0.25, -0.2) is 0 Å². The van der Waals surface area contributed by atoms with Gasteiger partial charge in [0.15, 0.2) is 5.75 Å².